The quantitative estimate of drug-likeness (QED) is 0.363. The smallest absolute Gasteiger partial charge is 0.270 e. The van der Waals surface area contributed by atoms with Gasteiger partial charge in [0.15, 0.2) is 0 Å². The maximum Gasteiger partial charge on any atom is 0.270 e. The molecule has 0 unspecified atom stereocenters. The molecule has 0 spiro atoms. The monoisotopic (exact) mass is 413 g/mol. The van der Waals surface area contributed by atoms with Crippen molar-refractivity contribution in [3.05, 3.63) is 33.9 Å². The Kier molecular flexibility index (Phi) is 4.96. The number of halogens is 6. The summed E-state index contributed by atoms with van der Waals surface area (Å²) in [5, 5.41) is 10.8. The van der Waals surface area contributed by atoms with Crippen LogP contribution in [0, 0.1) is 10.1 Å². The summed E-state index contributed by atoms with van der Waals surface area (Å²) in [6.45, 7) is 0. The molecule has 0 bridgehead atoms. The van der Waals surface area contributed by atoms with Gasteiger partial charge in [-0.15, -0.1) is 0 Å². The van der Waals surface area contributed by atoms with Crippen molar-refractivity contribution < 1.29 is 14.4 Å². The normalized spacial score (nSPS) is 22.4. The van der Waals surface area contributed by atoms with E-state index in [1.165, 1.54) is 18.2 Å². The summed E-state index contributed by atoms with van der Waals surface area (Å²) in [5.74, 6) is 0.166. The summed E-state index contributed by atoms with van der Waals surface area (Å²) >= 11 is 34.7. The summed E-state index contributed by atoms with van der Waals surface area (Å²) in [7, 11) is 0. The van der Waals surface area contributed by atoms with Gasteiger partial charge in [0, 0.05) is 17.7 Å². The molecule has 5 nitrogen and oxygen atoms in total. The van der Waals surface area contributed by atoms with Crippen LogP contribution in [-0.4, -0.2) is 18.8 Å². The van der Waals surface area contributed by atoms with Crippen LogP contribution in [-0.2, 0) is 4.74 Å². The highest BCUT2D eigenvalue weighted by atomic mass is 35.6. The zero-order valence-electron chi connectivity index (χ0n) is 9.73. The van der Waals surface area contributed by atoms with E-state index in [-0.39, 0.29) is 17.0 Å². The second kappa shape index (κ2) is 5.96. The molecule has 1 aromatic rings. The molecule has 11 heteroatoms. The minimum Gasteiger partial charge on any atom is -0.460 e. The topological polar surface area (TPSA) is 61.6 Å². The Labute approximate surface area is 149 Å². The number of nitro groups is 1. The highest BCUT2D eigenvalue weighted by Gasteiger charge is 2.48. The first-order chi connectivity index (χ1) is 9.50. The molecule has 0 fully saturated rings. The summed E-state index contributed by atoms with van der Waals surface area (Å²) in [5.41, 5.74) is -0.0396. The minimum atomic E-state index is -1.94. The Bertz CT molecular complexity index is 570. The van der Waals surface area contributed by atoms with Crippen molar-refractivity contribution in [2.75, 3.05) is 0 Å². The zero-order chi connectivity index (χ0) is 16.0. The van der Waals surface area contributed by atoms with Crippen LogP contribution in [0.2, 0.25) is 0 Å². The third-order valence-corrected chi connectivity index (χ3v) is 3.67. The van der Waals surface area contributed by atoms with Crippen LogP contribution in [0.5, 0.6) is 5.75 Å². The number of hydrogen-bond donors (Lipinski definition) is 0. The van der Waals surface area contributed by atoms with Gasteiger partial charge in [0.25, 0.3) is 9.48 Å². The fraction of sp³-hybridized carbons (Fsp3) is 0.400. The Morgan fingerprint density at radius 1 is 1.10 bits per heavy atom. The third kappa shape index (κ3) is 3.91. The summed E-state index contributed by atoms with van der Waals surface area (Å²) in [4.78, 5) is 10.2. The molecule has 1 aromatic carbocycles. The van der Waals surface area contributed by atoms with Gasteiger partial charge in [0.2, 0.25) is 10.1 Å². The summed E-state index contributed by atoms with van der Waals surface area (Å²) in [6, 6.07) is 3.72. The van der Waals surface area contributed by atoms with Gasteiger partial charge in [0.05, 0.1) is 4.92 Å². The fourth-order valence-electron chi connectivity index (χ4n) is 1.70. The number of ether oxygens (including phenoxy) is 2. The highest BCUT2D eigenvalue weighted by molar-refractivity contribution is 6.68. The van der Waals surface area contributed by atoms with Gasteiger partial charge in [-0.05, 0) is 6.07 Å². The van der Waals surface area contributed by atoms with E-state index >= 15 is 0 Å². The largest absolute Gasteiger partial charge is 0.460 e. The Balaban J connectivity index is 2.51. The molecule has 0 aromatic heterocycles. The van der Waals surface area contributed by atoms with Crippen molar-refractivity contribution in [1.29, 1.82) is 0 Å². The fourth-order valence-corrected chi connectivity index (χ4v) is 2.49. The predicted molar refractivity (Wildman–Crippen MR) is 81.9 cm³/mol. The van der Waals surface area contributed by atoms with Crippen LogP contribution in [0.3, 0.4) is 0 Å². The van der Waals surface area contributed by atoms with Crippen LogP contribution >= 0.6 is 69.6 Å². The Hall–Kier alpha value is 0.120. The number of benzene rings is 1. The summed E-state index contributed by atoms with van der Waals surface area (Å²) < 4.78 is 6.80. The molecule has 0 aliphatic carbocycles. The molecule has 1 aliphatic rings. The van der Waals surface area contributed by atoms with E-state index in [1.807, 2.05) is 0 Å². The predicted octanol–water partition coefficient (Wildman–Crippen LogP) is 5.11. The number of fused-ring (bicyclic) bond motifs is 1. The highest BCUT2D eigenvalue weighted by Crippen LogP contribution is 2.51. The van der Waals surface area contributed by atoms with Crippen LogP contribution in [0.1, 0.15) is 11.7 Å². The van der Waals surface area contributed by atoms with Gasteiger partial charge < -0.3 is 9.47 Å². The molecular weight excluding hydrogens is 411 g/mol. The van der Waals surface area contributed by atoms with Crippen LogP contribution in [0.4, 0.5) is 5.69 Å². The molecule has 0 radical (unpaired) electrons. The minimum absolute atomic E-state index is 0.166. The maximum atomic E-state index is 10.8. The lowest BCUT2D eigenvalue weighted by atomic mass is 10.1. The van der Waals surface area contributed by atoms with Crippen molar-refractivity contribution in [3.63, 3.8) is 0 Å². The molecule has 2 atom stereocenters. The molecule has 0 N–H and O–H groups in total. The second-order valence-electron chi connectivity index (χ2n) is 4.03. The van der Waals surface area contributed by atoms with E-state index < -0.39 is 24.9 Å². The lowest BCUT2D eigenvalue weighted by Gasteiger charge is -2.37. The first-order valence-corrected chi connectivity index (χ1v) is 7.51. The molecule has 1 aliphatic heterocycles. The van der Waals surface area contributed by atoms with Gasteiger partial charge in [0.1, 0.15) is 11.9 Å². The molecule has 21 heavy (non-hydrogen) atoms. The Morgan fingerprint density at radius 2 is 1.71 bits per heavy atom. The number of non-ortho nitro benzene ring substituents is 1. The van der Waals surface area contributed by atoms with Crippen molar-refractivity contribution in [3.8, 4) is 5.75 Å². The van der Waals surface area contributed by atoms with Gasteiger partial charge in [-0.25, -0.2) is 0 Å². The van der Waals surface area contributed by atoms with E-state index in [4.69, 9.17) is 79.1 Å². The van der Waals surface area contributed by atoms with Crippen molar-refractivity contribution in [2.24, 2.45) is 0 Å². The first kappa shape index (κ1) is 17.5. The second-order valence-corrected chi connectivity index (χ2v) is 8.77. The van der Waals surface area contributed by atoms with E-state index in [2.05, 4.69) is 0 Å². The zero-order valence-corrected chi connectivity index (χ0v) is 14.3. The average molecular weight is 416 g/mol. The maximum absolute atomic E-state index is 10.8. The Morgan fingerprint density at radius 3 is 2.19 bits per heavy atom. The van der Waals surface area contributed by atoms with E-state index in [0.29, 0.717) is 0 Å². The van der Waals surface area contributed by atoms with E-state index in [0.717, 1.165) is 0 Å². The molecule has 0 saturated heterocycles. The standard InChI is InChI=1S/C10H5Cl6NO4/c11-9(12,13)7-5-3-4(17(18)19)1-2-6(5)20-8(21-7)10(14,15)16/h1-3,7-8H/t7-,8-/m0/s1. The van der Waals surface area contributed by atoms with Gasteiger partial charge in [-0.2, -0.15) is 0 Å². The first-order valence-electron chi connectivity index (χ1n) is 5.24. The molecular formula is C10H5Cl6NO4. The van der Waals surface area contributed by atoms with Crippen molar-refractivity contribution in [1.82, 2.24) is 0 Å². The molecule has 0 saturated carbocycles. The van der Waals surface area contributed by atoms with Crippen molar-refractivity contribution >= 4 is 75.3 Å². The number of alkyl halides is 6. The van der Waals surface area contributed by atoms with Crippen LogP contribution in [0.25, 0.3) is 0 Å². The van der Waals surface area contributed by atoms with Gasteiger partial charge in [-0.1, -0.05) is 69.6 Å². The summed E-state index contributed by atoms with van der Waals surface area (Å²) in [6.07, 6.45) is -2.54. The van der Waals surface area contributed by atoms with E-state index in [1.54, 1.807) is 0 Å². The van der Waals surface area contributed by atoms with Crippen LogP contribution in [0.15, 0.2) is 18.2 Å². The van der Waals surface area contributed by atoms with E-state index in [9.17, 15) is 10.1 Å². The average Bonchev–Trinajstić information content (AvgIpc) is 2.34. The lowest BCUT2D eigenvalue weighted by molar-refractivity contribution is -0.385. The van der Waals surface area contributed by atoms with Gasteiger partial charge >= 0.3 is 0 Å². The van der Waals surface area contributed by atoms with Crippen LogP contribution < -0.4 is 4.74 Å². The molecule has 0 amide bonds. The molecule has 2 rings (SSSR count). The number of nitro benzene ring substituents is 1. The van der Waals surface area contributed by atoms with Crippen molar-refractivity contribution in [2.45, 2.75) is 20.0 Å². The molecule has 1 heterocycles. The number of rotatable bonds is 1. The number of hydrogen-bond acceptors (Lipinski definition) is 4. The third-order valence-electron chi connectivity index (χ3n) is 2.54. The lowest BCUT2D eigenvalue weighted by Crippen LogP contribution is -2.42. The molecule has 116 valence electrons. The SMILES string of the molecule is O=[N+]([O-])c1ccc2c(c1)[C@@H](C(Cl)(Cl)Cl)O[C@@H](C(Cl)(Cl)Cl)O2. The van der Waals surface area contributed by atoms with Gasteiger partial charge in [-0.3, -0.25) is 10.1 Å². The number of nitrogens with zero attached hydrogens (tertiary/aromatic N) is 1.